The highest BCUT2D eigenvalue weighted by molar-refractivity contribution is 5.94. The molecule has 1 aromatic carbocycles. The number of nitrogen functional groups attached to an aromatic ring is 1. The van der Waals surface area contributed by atoms with Crippen molar-refractivity contribution in [1.82, 2.24) is 4.98 Å². The summed E-state index contributed by atoms with van der Waals surface area (Å²) in [6, 6.07) is 9.20. The van der Waals surface area contributed by atoms with Crippen molar-refractivity contribution in [3.63, 3.8) is 0 Å². The van der Waals surface area contributed by atoms with Gasteiger partial charge < -0.3 is 16.2 Å². The fraction of sp³-hybridized carbons (Fsp3) is 0.200. The van der Waals surface area contributed by atoms with Crippen LogP contribution in [0.1, 0.15) is 35.7 Å². The molecule has 0 bridgehead atoms. The van der Waals surface area contributed by atoms with Gasteiger partial charge in [-0.05, 0) is 29.7 Å². The van der Waals surface area contributed by atoms with Crippen LogP contribution in [0.4, 0.5) is 17.2 Å². The van der Waals surface area contributed by atoms with Crippen molar-refractivity contribution in [3.05, 3.63) is 47.7 Å². The lowest BCUT2D eigenvalue weighted by Gasteiger charge is -2.11. The maximum atomic E-state index is 11.2. The quantitative estimate of drug-likeness (QED) is 0.794. The van der Waals surface area contributed by atoms with E-state index in [-0.39, 0.29) is 11.4 Å². The number of carboxylic acid groups (broad SMARTS) is 1. The van der Waals surface area contributed by atoms with Gasteiger partial charge in [-0.1, -0.05) is 26.0 Å². The van der Waals surface area contributed by atoms with Crippen LogP contribution in [0.25, 0.3) is 0 Å². The van der Waals surface area contributed by atoms with Gasteiger partial charge in [0.05, 0.1) is 11.9 Å². The molecule has 0 aliphatic heterocycles. The Kier molecular flexibility index (Phi) is 3.89. The standard InChI is InChI=1S/C15H17N3O2/c1-9(2)10-3-5-12(6-4-10)18-14-13(15(19)20)7-11(16)8-17-14/h3-9H,16H2,1-2H3,(H,17,18)(H,19,20). The summed E-state index contributed by atoms with van der Waals surface area (Å²) in [6.45, 7) is 4.24. The van der Waals surface area contributed by atoms with E-state index in [0.717, 1.165) is 5.69 Å². The maximum absolute atomic E-state index is 11.2. The van der Waals surface area contributed by atoms with Crippen LogP contribution in [0.5, 0.6) is 0 Å². The summed E-state index contributed by atoms with van der Waals surface area (Å²) in [7, 11) is 0. The largest absolute Gasteiger partial charge is 0.478 e. The van der Waals surface area contributed by atoms with Crippen molar-refractivity contribution >= 4 is 23.2 Å². The Balaban J connectivity index is 2.28. The zero-order valence-electron chi connectivity index (χ0n) is 11.4. The Morgan fingerprint density at radius 3 is 2.50 bits per heavy atom. The second kappa shape index (κ2) is 5.61. The van der Waals surface area contributed by atoms with Gasteiger partial charge in [-0.3, -0.25) is 0 Å². The molecule has 0 saturated heterocycles. The van der Waals surface area contributed by atoms with Crippen LogP contribution in [-0.2, 0) is 0 Å². The molecule has 0 amide bonds. The van der Waals surface area contributed by atoms with Gasteiger partial charge in [-0.25, -0.2) is 9.78 Å². The minimum absolute atomic E-state index is 0.0536. The van der Waals surface area contributed by atoms with Crippen molar-refractivity contribution in [1.29, 1.82) is 0 Å². The average molecular weight is 271 g/mol. The molecule has 0 atom stereocenters. The van der Waals surface area contributed by atoms with Gasteiger partial charge >= 0.3 is 5.97 Å². The molecule has 2 aromatic rings. The highest BCUT2D eigenvalue weighted by Crippen LogP contribution is 2.22. The van der Waals surface area contributed by atoms with Gasteiger partial charge in [0.2, 0.25) is 0 Å². The van der Waals surface area contributed by atoms with E-state index < -0.39 is 5.97 Å². The van der Waals surface area contributed by atoms with Gasteiger partial charge in [0.25, 0.3) is 0 Å². The van der Waals surface area contributed by atoms with Gasteiger partial charge in [0.15, 0.2) is 0 Å². The number of nitrogens with two attached hydrogens (primary N) is 1. The Morgan fingerprint density at radius 1 is 1.30 bits per heavy atom. The van der Waals surface area contributed by atoms with Crippen molar-refractivity contribution in [2.75, 3.05) is 11.1 Å². The van der Waals surface area contributed by atoms with Gasteiger partial charge in [0, 0.05) is 5.69 Å². The molecule has 0 spiro atoms. The van der Waals surface area contributed by atoms with E-state index in [9.17, 15) is 4.79 Å². The first-order valence-electron chi connectivity index (χ1n) is 6.33. The van der Waals surface area contributed by atoms with E-state index in [0.29, 0.717) is 11.6 Å². The molecular formula is C15H17N3O2. The predicted octanol–water partition coefficient (Wildman–Crippen LogP) is 3.23. The number of nitrogens with one attached hydrogen (secondary N) is 1. The molecule has 0 radical (unpaired) electrons. The molecule has 1 aromatic heterocycles. The van der Waals surface area contributed by atoms with E-state index in [4.69, 9.17) is 10.8 Å². The molecule has 0 saturated carbocycles. The summed E-state index contributed by atoms with van der Waals surface area (Å²) in [5.74, 6) is -0.330. The molecule has 20 heavy (non-hydrogen) atoms. The van der Waals surface area contributed by atoms with Crippen LogP contribution in [0.3, 0.4) is 0 Å². The summed E-state index contributed by atoms with van der Waals surface area (Å²) in [5.41, 5.74) is 7.94. The number of carbonyl (C=O) groups is 1. The fourth-order valence-corrected chi connectivity index (χ4v) is 1.83. The Hall–Kier alpha value is -2.56. The van der Waals surface area contributed by atoms with Gasteiger partial charge in [0.1, 0.15) is 11.4 Å². The topological polar surface area (TPSA) is 88.2 Å². The maximum Gasteiger partial charge on any atom is 0.339 e. The predicted molar refractivity (Wildman–Crippen MR) is 79.4 cm³/mol. The fourth-order valence-electron chi connectivity index (χ4n) is 1.83. The number of benzene rings is 1. The zero-order valence-corrected chi connectivity index (χ0v) is 11.4. The van der Waals surface area contributed by atoms with Crippen LogP contribution in [0, 0.1) is 0 Å². The lowest BCUT2D eigenvalue weighted by molar-refractivity contribution is 0.0697. The van der Waals surface area contributed by atoms with E-state index in [1.54, 1.807) is 0 Å². The number of rotatable bonds is 4. The molecule has 5 heteroatoms. The number of aromatic nitrogens is 1. The van der Waals surface area contributed by atoms with Gasteiger partial charge in [-0.2, -0.15) is 0 Å². The SMILES string of the molecule is CC(C)c1ccc(Nc2ncc(N)cc2C(=O)O)cc1. The molecule has 0 aliphatic carbocycles. The summed E-state index contributed by atoms with van der Waals surface area (Å²) >= 11 is 0. The molecule has 5 nitrogen and oxygen atoms in total. The number of aromatic carboxylic acids is 1. The molecule has 2 rings (SSSR count). The number of pyridine rings is 1. The number of hydrogen-bond donors (Lipinski definition) is 3. The Labute approximate surface area is 117 Å². The monoisotopic (exact) mass is 271 g/mol. The molecule has 4 N–H and O–H groups in total. The normalized spacial score (nSPS) is 10.6. The van der Waals surface area contributed by atoms with Crippen LogP contribution >= 0.6 is 0 Å². The minimum Gasteiger partial charge on any atom is -0.478 e. The molecule has 0 unspecified atom stereocenters. The first-order chi connectivity index (χ1) is 9.47. The van der Waals surface area contributed by atoms with E-state index in [2.05, 4.69) is 24.1 Å². The van der Waals surface area contributed by atoms with E-state index in [1.807, 2.05) is 24.3 Å². The average Bonchev–Trinajstić information content (AvgIpc) is 2.41. The lowest BCUT2D eigenvalue weighted by atomic mass is 10.0. The zero-order chi connectivity index (χ0) is 14.7. The third-order valence-electron chi connectivity index (χ3n) is 2.98. The number of nitrogens with zero attached hydrogens (tertiary/aromatic N) is 1. The molecule has 1 heterocycles. The summed E-state index contributed by atoms with van der Waals surface area (Å²) in [4.78, 5) is 15.2. The second-order valence-electron chi connectivity index (χ2n) is 4.87. The number of hydrogen-bond acceptors (Lipinski definition) is 4. The molecular weight excluding hydrogens is 254 g/mol. The first-order valence-corrected chi connectivity index (χ1v) is 6.33. The van der Waals surface area contributed by atoms with E-state index in [1.165, 1.54) is 17.8 Å². The summed E-state index contributed by atoms with van der Waals surface area (Å²) in [5, 5.41) is 12.1. The molecule has 0 aliphatic rings. The van der Waals surface area contributed by atoms with Crippen molar-refractivity contribution in [2.24, 2.45) is 0 Å². The number of carboxylic acids is 1. The minimum atomic E-state index is -1.06. The highest BCUT2D eigenvalue weighted by atomic mass is 16.4. The van der Waals surface area contributed by atoms with E-state index >= 15 is 0 Å². The van der Waals surface area contributed by atoms with Crippen molar-refractivity contribution in [2.45, 2.75) is 19.8 Å². The smallest absolute Gasteiger partial charge is 0.339 e. The lowest BCUT2D eigenvalue weighted by Crippen LogP contribution is -2.06. The summed E-state index contributed by atoms with van der Waals surface area (Å²) in [6.07, 6.45) is 1.43. The third kappa shape index (κ3) is 3.06. The van der Waals surface area contributed by atoms with Crippen molar-refractivity contribution < 1.29 is 9.90 Å². The van der Waals surface area contributed by atoms with Crippen LogP contribution in [-0.4, -0.2) is 16.1 Å². The van der Waals surface area contributed by atoms with Crippen molar-refractivity contribution in [3.8, 4) is 0 Å². The van der Waals surface area contributed by atoms with Gasteiger partial charge in [-0.15, -0.1) is 0 Å². The third-order valence-corrected chi connectivity index (χ3v) is 2.98. The van der Waals surface area contributed by atoms with Crippen LogP contribution < -0.4 is 11.1 Å². The first kappa shape index (κ1) is 13.9. The molecule has 0 fully saturated rings. The summed E-state index contributed by atoms with van der Waals surface area (Å²) < 4.78 is 0. The Morgan fingerprint density at radius 2 is 1.95 bits per heavy atom. The highest BCUT2D eigenvalue weighted by Gasteiger charge is 2.12. The second-order valence-corrected chi connectivity index (χ2v) is 4.87. The van der Waals surface area contributed by atoms with Crippen LogP contribution in [0.15, 0.2) is 36.5 Å². The number of anilines is 3. The van der Waals surface area contributed by atoms with Crippen LogP contribution in [0.2, 0.25) is 0 Å². The molecule has 104 valence electrons. The Bertz CT molecular complexity index is 622.